The molecule has 2 aromatic rings. The van der Waals surface area contributed by atoms with Gasteiger partial charge in [-0.3, -0.25) is 4.79 Å². The molecular weight excluding hydrogens is 262 g/mol. The van der Waals surface area contributed by atoms with Crippen LogP contribution in [0.15, 0.2) is 42.5 Å². The van der Waals surface area contributed by atoms with Crippen LogP contribution in [0, 0.1) is 0 Å². The van der Waals surface area contributed by atoms with Crippen molar-refractivity contribution in [3.63, 3.8) is 0 Å². The first-order chi connectivity index (χ1) is 10.2. The fraction of sp³-hybridized carbons (Fsp3) is 0.294. The van der Waals surface area contributed by atoms with E-state index in [9.17, 15) is 4.79 Å². The predicted octanol–water partition coefficient (Wildman–Crippen LogP) is 2.91. The number of fused-ring (bicyclic) bond motifs is 1. The lowest BCUT2D eigenvalue weighted by Gasteiger charge is -2.24. The normalized spacial score (nSPS) is 16.7. The number of pyridine rings is 1. The van der Waals surface area contributed by atoms with Crippen molar-refractivity contribution in [2.75, 3.05) is 11.4 Å². The van der Waals surface area contributed by atoms with Crippen LogP contribution in [0.25, 0.3) is 0 Å². The molecule has 108 valence electrons. The van der Waals surface area contributed by atoms with Gasteiger partial charge in [-0.1, -0.05) is 24.3 Å². The van der Waals surface area contributed by atoms with E-state index in [0.717, 1.165) is 12.2 Å². The number of aromatic nitrogens is 1. The average molecular weight is 281 g/mol. The van der Waals surface area contributed by atoms with E-state index >= 15 is 0 Å². The Morgan fingerprint density at radius 3 is 2.90 bits per heavy atom. The molecule has 1 aromatic carbocycles. The second kappa shape index (κ2) is 5.56. The number of amides is 1. The highest BCUT2D eigenvalue weighted by Crippen LogP contribution is 2.36. The fourth-order valence-electron chi connectivity index (χ4n) is 2.85. The maximum Gasteiger partial charge on any atom is 0.269 e. The average Bonchev–Trinajstić information content (AvgIpc) is 2.83. The Labute approximate surface area is 124 Å². The Kier molecular flexibility index (Phi) is 3.60. The van der Waals surface area contributed by atoms with E-state index in [1.807, 2.05) is 25.1 Å². The number of para-hydroxylation sites is 1. The minimum absolute atomic E-state index is 0.125. The highest BCUT2D eigenvalue weighted by atomic mass is 16.1. The number of benzene rings is 1. The number of anilines is 2. The van der Waals surface area contributed by atoms with E-state index in [0.29, 0.717) is 18.3 Å². The number of carbonyl (C=O) groups is 1. The number of carbonyl (C=O) groups excluding carboxylic acids is 1. The lowest BCUT2D eigenvalue weighted by atomic mass is 10.1. The van der Waals surface area contributed by atoms with Gasteiger partial charge in [0.05, 0.1) is 0 Å². The maximum atomic E-state index is 11.9. The molecule has 0 bridgehead atoms. The molecule has 1 aromatic heterocycles. The summed E-state index contributed by atoms with van der Waals surface area (Å²) in [7, 11) is 0. The first-order valence-electron chi connectivity index (χ1n) is 7.33. The number of rotatable bonds is 3. The number of hydrogen-bond acceptors (Lipinski definition) is 3. The topological polar surface area (TPSA) is 45.2 Å². The van der Waals surface area contributed by atoms with Crippen molar-refractivity contribution in [2.24, 2.45) is 0 Å². The number of nitrogens with one attached hydrogen (secondary N) is 1. The molecule has 1 aliphatic rings. The van der Waals surface area contributed by atoms with Crippen molar-refractivity contribution in [3.05, 3.63) is 53.7 Å². The molecule has 1 atom stereocenters. The van der Waals surface area contributed by atoms with E-state index in [1.165, 1.54) is 11.3 Å². The summed E-state index contributed by atoms with van der Waals surface area (Å²) in [6, 6.07) is 14.3. The van der Waals surface area contributed by atoms with Gasteiger partial charge in [0.2, 0.25) is 0 Å². The molecule has 0 saturated heterocycles. The molecule has 1 N–H and O–H groups in total. The zero-order valence-electron chi connectivity index (χ0n) is 12.3. The molecule has 3 rings (SSSR count). The van der Waals surface area contributed by atoms with Gasteiger partial charge in [0, 0.05) is 18.3 Å². The molecule has 2 heterocycles. The molecule has 4 heteroatoms. The molecule has 0 radical (unpaired) electrons. The van der Waals surface area contributed by atoms with Crippen molar-refractivity contribution in [1.29, 1.82) is 0 Å². The molecular formula is C17H19N3O. The Bertz CT molecular complexity index is 669. The summed E-state index contributed by atoms with van der Waals surface area (Å²) in [5, 5.41) is 2.79. The molecule has 0 fully saturated rings. The van der Waals surface area contributed by atoms with Gasteiger partial charge < -0.3 is 10.2 Å². The summed E-state index contributed by atoms with van der Waals surface area (Å²) in [6.45, 7) is 4.69. The second-order valence-corrected chi connectivity index (χ2v) is 5.29. The second-order valence-electron chi connectivity index (χ2n) is 5.29. The van der Waals surface area contributed by atoms with Gasteiger partial charge in [-0.25, -0.2) is 4.98 Å². The summed E-state index contributed by atoms with van der Waals surface area (Å²) in [4.78, 5) is 18.7. The smallest absolute Gasteiger partial charge is 0.269 e. The van der Waals surface area contributed by atoms with Crippen molar-refractivity contribution in [1.82, 2.24) is 10.3 Å². The van der Waals surface area contributed by atoms with Crippen LogP contribution in [0.2, 0.25) is 0 Å². The third-order valence-corrected chi connectivity index (χ3v) is 3.76. The third kappa shape index (κ3) is 2.49. The van der Waals surface area contributed by atoms with Gasteiger partial charge in [-0.2, -0.15) is 0 Å². The quantitative estimate of drug-likeness (QED) is 0.941. The van der Waals surface area contributed by atoms with Gasteiger partial charge in [-0.15, -0.1) is 0 Å². The Morgan fingerprint density at radius 1 is 1.29 bits per heavy atom. The van der Waals surface area contributed by atoms with Crippen LogP contribution in [0.5, 0.6) is 0 Å². The molecule has 1 amide bonds. The van der Waals surface area contributed by atoms with Gasteiger partial charge >= 0.3 is 0 Å². The first kappa shape index (κ1) is 13.6. The summed E-state index contributed by atoms with van der Waals surface area (Å²) in [5.74, 6) is 0.704. The van der Waals surface area contributed by atoms with Gasteiger partial charge in [-0.05, 0) is 44.0 Å². The Morgan fingerprint density at radius 2 is 2.10 bits per heavy atom. The molecule has 1 aliphatic heterocycles. The zero-order valence-corrected chi connectivity index (χ0v) is 12.3. The van der Waals surface area contributed by atoms with E-state index in [4.69, 9.17) is 0 Å². The van der Waals surface area contributed by atoms with E-state index in [2.05, 4.69) is 40.3 Å². The van der Waals surface area contributed by atoms with Gasteiger partial charge in [0.25, 0.3) is 5.91 Å². The van der Waals surface area contributed by atoms with Crippen molar-refractivity contribution < 1.29 is 4.79 Å². The monoisotopic (exact) mass is 281 g/mol. The van der Waals surface area contributed by atoms with Crippen LogP contribution in [0.4, 0.5) is 11.5 Å². The summed E-state index contributed by atoms with van der Waals surface area (Å²) < 4.78 is 0. The highest BCUT2D eigenvalue weighted by Gasteiger charge is 2.27. The van der Waals surface area contributed by atoms with Gasteiger partial charge in [0.1, 0.15) is 11.5 Å². The van der Waals surface area contributed by atoms with Crippen LogP contribution < -0.4 is 10.2 Å². The zero-order chi connectivity index (χ0) is 14.8. The number of nitrogens with zero attached hydrogens (tertiary/aromatic N) is 2. The van der Waals surface area contributed by atoms with Gasteiger partial charge in [0.15, 0.2) is 0 Å². The highest BCUT2D eigenvalue weighted by molar-refractivity contribution is 5.92. The minimum Gasteiger partial charge on any atom is -0.351 e. The maximum absolute atomic E-state index is 11.9. The summed E-state index contributed by atoms with van der Waals surface area (Å²) in [6.07, 6.45) is 1.00. The molecule has 0 spiro atoms. The van der Waals surface area contributed by atoms with Crippen LogP contribution in [-0.4, -0.2) is 23.5 Å². The largest absolute Gasteiger partial charge is 0.351 e. The first-order valence-corrected chi connectivity index (χ1v) is 7.33. The molecule has 1 unspecified atom stereocenters. The molecule has 0 aliphatic carbocycles. The van der Waals surface area contributed by atoms with Crippen molar-refractivity contribution >= 4 is 17.4 Å². The van der Waals surface area contributed by atoms with E-state index < -0.39 is 0 Å². The minimum atomic E-state index is -0.125. The van der Waals surface area contributed by atoms with Crippen molar-refractivity contribution in [2.45, 2.75) is 26.3 Å². The number of hydrogen-bond donors (Lipinski definition) is 1. The Balaban J connectivity index is 1.97. The third-order valence-electron chi connectivity index (χ3n) is 3.76. The van der Waals surface area contributed by atoms with Crippen LogP contribution >= 0.6 is 0 Å². The lowest BCUT2D eigenvalue weighted by Crippen LogP contribution is -2.27. The van der Waals surface area contributed by atoms with E-state index in [1.54, 1.807) is 6.07 Å². The summed E-state index contributed by atoms with van der Waals surface area (Å²) in [5.41, 5.74) is 2.98. The lowest BCUT2D eigenvalue weighted by molar-refractivity contribution is 0.0951. The Hall–Kier alpha value is -2.36. The molecule has 4 nitrogen and oxygen atoms in total. The SMILES string of the molecule is CCNC(=O)c1cccc(N2c3ccccc3CC2C)n1. The summed E-state index contributed by atoms with van der Waals surface area (Å²) >= 11 is 0. The van der Waals surface area contributed by atoms with Crippen LogP contribution in [0.1, 0.15) is 29.9 Å². The standard InChI is InChI=1S/C17H19N3O/c1-3-18-17(21)14-8-6-10-16(19-14)20-12(2)11-13-7-4-5-9-15(13)20/h4-10,12H,3,11H2,1-2H3,(H,18,21). The predicted molar refractivity (Wildman–Crippen MR) is 84.0 cm³/mol. The fourth-order valence-corrected chi connectivity index (χ4v) is 2.85. The molecule has 0 saturated carbocycles. The van der Waals surface area contributed by atoms with Crippen molar-refractivity contribution in [3.8, 4) is 0 Å². The molecule has 21 heavy (non-hydrogen) atoms. The van der Waals surface area contributed by atoms with Crippen LogP contribution in [-0.2, 0) is 6.42 Å². The van der Waals surface area contributed by atoms with Crippen LogP contribution in [0.3, 0.4) is 0 Å². The van der Waals surface area contributed by atoms with E-state index in [-0.39, 0.29) is 5.91 Å².